The zero-order valence-electron chi connectivity index (χ0n) is 16.2. The van der Waals surface area contributed by atoms with Crippen molar-refractivity contribution in [2.75, 3.05) is 6.54 Å². The summed E-state index contributed by atoms with van der Waals surface area (Å²) in [5.41, 5.74) is 1.79. The predicted molar refractivity (Wildman–Crippen MR) is 111 cm³/mol. The van der Waals surface area contributed by atoms with Crippen LogP contribution in [0.2, 0.25) is 0 Å². The highest BCUT2D eigenvalue weighted by molar-refractivity contribution is 5.99. The molecule has 0 atom stereocenters. The standard InChI is InChI=1S/C22H18FN5O3/c23-16-3-1-13(2-4-16)15-11-17(20(30)18(29)12-15)22(31)25-10-7-19-26-21(28-27-19)14-5-8-24-9-6-14/h1-6,8-9,11-12,29-30H,7,10H2,(H,25,31)(H,26,27,28). The fourth-order valence-corrected chi connectivity index (χ4v) is 3.03. The highest BCUT2D eigenvalue weighted by Gasteiger charge is 2.17. The number of H-pyrrole nitrogens is 1. The van der Waals surface area contributed by atoms with E-state index >= 15 is 0 Å². The third-order valence-electron chi connectivity index (χ3n) is 4.63. The minimum atomic E-state index is -0.564. The van der Waals surface area contributed by atoms with Crippen LogP contribution in [0.25, 0.3) is 22.5 Å². The number of amides is 1. The van der Waals surface area contributed by atoms with Crippen LogP contribution in [0.4, 0.5) is 4.39 Å². The first kappa shape index (κ1) is 20.0. The zero-order chi connectivity index (χ0) is 21.8. The molecule has 0 aliphatic heterocycles. The molecule has 156 valence electrons. The van der Waals surface area contributed by atoms with Crippen LogP contribution in [0.15, 0.2) is 60.9 Å². The van der Waals surface area contributed by atoms with Gasteiger partial charge in [-0.3, -0.25) is 14.9 Å². The summed E-state index contributed by atoms with van der Waals surface area (Å²) in [5.74, 6) is -0.820. The van der Waals surface area contributed by atoms with Gasteiger partial charge in [0.2, 0.25) is 0 Å². The summed E-state index contributed by atoms with van der Waals surface area (Å²) in [6.07, 6.45) is 3.68. The average Bonchev–Trinajstić information content (AvgIpc) is 3.25. The first-order chi connectivity index (χ1) is 15.0. The Labute approximate surface area is 176 Å². The van der Waals surface area contributed by atoms with Crippen LogP contribution in [0.3, 0.4) is 0 Å². The monoisotopic (exact) mass is 419 g/mol. The number of phenolic OH excluding ortho intramolecular Hbond substituents is 2. The van der Waals surface area contributed by atoms with E-state index in [1.807, 2.05) is 0 Å². The number of aromatic amines is 1. The van der Waals surface area contributed by atoms with Gasteiger partial charge in [-0.1, -0.05) is 12.1 Å². The number of aromatic nitrogens is 4. The lowest BCUT2D eigenvalue weighted by Crippen LogP contribution is -2.26. The maximum absolute atomic E-state index is 13.2. The van der Waals surface area contributed by atoms with Crippen LogP contribution in [0, 0.1) is 5.82 Å². The summed E-state index contributed by atoms with van der Waals surface area (Å²) >= 11 is 0. The average molecular weight is 419 g/mol. The minimum absolute atomic E-state index is 0.0885. The molecule has 1 amide bonds. The number of benzene rings is 2. The Morgan fingerprint density at radius 2 is 1.74 bits per heavy atom. The Kier molecular flexibility index (Phi) is 5.57. The largest absolute Gasteiger partial charge is 0.504 e. The van der Waals surface area contributed by atoms with Gasteiger partial charge in [-0.05, 0) is 47.5 Å². The number of nitrogens with zero attached hydrogens (tertiary/aromatic N) is 3. The number of carbonyl (C=O) groups is 1. The number of phenols is 2. The SMILES string of the molecule is O=C(NCCc1nc(-c2ccncc2)n[nH]1)c1cc(-c2ccc(F)cc2)cc(O)c1O. The molecule has 0 fully saturated rings. The predicted octanol–water partition coefficient (Wildman–Crippen LogP) is 3.06. The van der Waals surface area contributed by atoms with Crippen molar-refractivity contribution in [1.82, 2.24) is 25.5 Å². The maximum Gasteiger partial charge on any atom is 0.255 e. The Morgan fingerprint density at radius 1 is 1.00 bits per heavy atom. The second-order valence-electron chi connectivity index (χ2n) is 6.75. The Morgan fingerprint density at radius 3 is 2.48 bits per heavy atom. The molecule has 0 bridgehead atoms. The van der Waals surface area contributed by atoms with Crippen molar-refractivity contribution in [1.29, 1.82) is 0 Å². The van der Waals surface area contributed by atoms with Crippen molar-refractivity contribution < 1.29 is 19.4 Å². The molecule has 9 heteroatoms. The van der Waals surface area contributed by atoms with E-state index < -0.39 is 23.2 Å². The summed E-state index contributed by atoms with van der Waals surface area (Å²) < 4.78 is 13.2. The van der Waals surface area contributed by atoms with Crippen molar-refractivity contribution >= 4 is 5.91 Å². The number of hydrogen-bond acceptors (Lipinski definition) is 6. The zero-order valence-corrected chi connectivity index (χ0v) is 16.2. The maximum atomic E-state index is 13.2. The quantitative estimate of drug-likeness (QED) is 0.356. The number of halogens is 1. The van der Waals surface area contributed by atoms with E-state index in [0.717, 1.165) is 5.56 Å². The molecule has 2 aromatic heterocycles. The molecule has 0 aliphatic carbocycles. The lowest BCUT2D eigenvalue weighted by molar-refractivity contribution is 0.0950. The highest BCUT2D eigenvalue weighted by atomic mass is 19.1. The van der Waals surface area contributed by atoms with Crippen molar-refractivity contribution in [2.45, 2.75) is 6.42 Å². The van der Waals surface area contributed by atoms with Crippen LogP contribution in [0.5, 0.6) is 11.5 Å². The summed E-state index contributed by atoms with van der Waals surface area (Å²) in [6, 6.07) is 11.9. The lowest BCUT2D eigenvalue weighted by atomic mass is 10.0. The Balaban J connectivity index is 1.44. The number of aromatic hydroxyl groups is 2. The van der Waals surface area contributed by atoms with Gasteiger partial charge in [0.15, 0.2) is 17.3 Å². The molecule has 0 aliphatic rings. The van der Waals surface area contributed by atoms with Gasteiger partial charge >= 0.3 is 0 Å². The lowest BCUT2D eigenvalue weighted by Gasteiger charge is -2.10. The Hall–Kier alpha value is -4.27. The van der Waals surface area contributed by atoms with Crippen LogP contribution < -0.4 is 5.32 Å². The number of pyridine rings is 1. The van der Waals surface area contributed by atoms with Crippen molar-refractivity contribution in [3.8, 4) is 34.0 Å². The fourth-order valence-electron chi connectivity index (χ4n) is 3.03. The summed E-state index contributed by atoms with van der Waals surface area (Å²) in [5, 5.41) is 29.8. The van der Waals surface area contributed by atoms with Gasteiger partial charge in [0, 0.05) is 30.9 Å². The molecule has 8 nitrogen and oxygen atoms in total. The van der Waals surface area contributed by atoms with Crippen LogP contribution in [-0.2, 0) is 6.42 Å². The fraction of sp³-hybridized carbons (Fsp3) is 0.0909. The molecule has 0 spiro atoms. The molecule has 0 saturated carbocycles. The number of carbonyl (C=O) groups excluding carboxylic acids is 1. The normalized spacial score (nSPS) is 10.7. The van der Waals surface area contributed by atoms with Crippen LogP contribution in [0.1, 0.15) is 16.2 Å². The molecule has 4 rings (SSSR count). The van der Waals surface area contributed by atoms with E-state index in [4.69, 9.17) is 0 Å². The number of nitrogens with one attached hydrogen (secondary N) is 2. The number of hydrogen-bond donors (Lipinski definition) is 4. The summed E-state index contributed by atoms with van der Waals surface area (Å²) in [4.78, 5) is 20.9. The smallest absolute Gasteiger partial charge is 0.255 e. The molecule has 0 unspecified atom stereocenters. The van der Waals surface area contributed by atoms with E-state index in [9.17, 15) is 19.4 Å². The van der Waals surface area contributed by atoms with E-state index in [0.29, 0.717) is 29.2 Å². The van der Waals surface area contributed by atoms with Crippen molar-refractivity contribution in [3.05, 3.63) is 78.1 Å². The van der Waals surface area contributed by atoms with E-state index in [1.165, 1.54) is 36.4 Å². The van der Waals surface area contributed by atoms with Gasteiger partial charge in [0.05, 0.1) is 5.56 Å². The first-order valence-electron chi connectivity index (χ1n) is 9.43. The minimum Gasteiger partial charge on any atom is -0.504 e. The second kappa shape index (κ2) is 8.62. The molecule has 2 aromatic carbocycles. The van der Waals surface area contributed by atoms with E-state index in [2.05, 4.69) is 25.5 Å². The van der Waals surface area contributed by atoms with Gasteiger partial charge in [0.25, 0.3) is 5.91 Å². The first-order valence-corrected chi connectivity index (χ1v) is 9.43. The molecule has 0 radical (unpaired) electrons. The third kappa shape index (κ3) is 4.50. The summed E-state index contributed by atoms with van der Waals surface area (Å²) in [7, 11) is 0. The van der Waals surface area contributed by atoms with E-state index in [-0.39, 0.29) is 12.1 Å². The molecule has 2 heterocycles. The van der Waals surface area contributed by atoms with Gasteiger partial charge < -0.3 is 15.5 Å². The molecule has 31 heavy (non-hydrogen) atoms. The van der Waals surface area contributed by atoms with Gasteiger partial charge in [-0.15, -0.1) is 0 Å². The topological polar surface area (TPSA) is 124 Å². The second-order valence-corrected chi connectivity index (χ2v) is 6.75. The molecular weight excluding hydrogens is 401 g/mol. The van der Waals surface area contributed by atoms with Crippen molar-refractivity contribution in [2.24, 2.45) is 0 Å². The molecule has 4 N–H and O–H groups in total. The molecule has 0 saturated heterocycles. The molecule has 4 aromatic rings. The van der Waals surface area contributed by atoms with Crippen LogP contribution in [-0.4, -0.2) is 42.8 Å². The van der Waals surface area contributed by atoms with Gasteiger partial charge in [-0.2, -0.15) is 5.10 Å². The molecular formula is C22H18FN5O3. The van der Waals surface area contributed by atoms with Crippen molar-refractivity contribution in [3.63, 3.8) is 0 Å². The summed E-state index contributed by atoms with van der Waals surface area (Å²) in [6.45, 7) is 0.227. The number of rotatable bonds is 6. The Bertz CT molecular complexity index is 1210. The van der Waals surface area contributed by atoms with Gasteiger partial charge in [-0.25, -0.2) is 9.37 Å². The third-order valence-corrected chi connectivity index (χ3v) is 4.63. The van der Waals surface area contributed by atoms with Gasteiger partial charge in [0.1, 0.15) is 11.6 Å². The van der Waals surface area contributed by atoms with Crippen LogP contribution >= 0.6 is 0 Å². The highest BCUT2D eigenvalue weighted by Crippen LogP contribution is 2.34. The van der Waals surface area contributed by atoms with E-state index in [1.54, 1.807) is 24.5 Å².